The first-order chi connectivity index (χ1) is 15.6. The Morgan fingerprint density at radius 1 is 1.24 bits per heavy atom. The molecule has 1 aliphatic rings. The minimum absolute atomic E-state index is 0.114. The molecule has 2 N–H and O–H groups in total. The molecule has 0 bridgehead atoms. The molecule has 2 aromatic rings. The van der Waals surface area contributed by atoms with Crippen molar-refractivity contribution in [3.05, 3.63) is 74.9 Å². The monoisotopic (exact) mass is 513 g/mol. The number of hydrogen-bond acceptors (Lipinski definition) is 5. The summed E-state index contributed by atoms with van der Waals surface area (Å²) in [6.45, 7) is 4.67. The molecule has 0 aromatic heterocycles. The number of carbonyl (C=O) groups is 2. The molecule has 0 fully saturated rings. The van der Waals surface area contributed by atoms with Gasteiger partial charge in [-0.15, -0.1) is 0 Å². The second kappa shape index (κ2) is 10.2. The van der Waals surface area contributed by atoms with E-state index in [0.29, 0.717) is 44.5 Å². The topological polar surface area (TPSA) is 91.2 Å². The molecular formula is C25H25BrFN3O3. The van der Waals surface area contributed by atoms with E-state index in [1.807, 2.05) is 0 Å². The first-order valence-corrected chi connectivity index (χ1v) is 11.3. The van der Waals surface area contributed by atoms with Crippen LogP contribution in [0.5, 0.6) is 0 Å². The molecule has 8 heteroatoms. The fraction of sp³-hybridized carbons (Fsp3) is 0.320. The van der Waals surface area contributed by atoms with Gasteiger partial charge in [0.05, 0.1) is 17.7 Å². The largest absolute Gasteiger partial charge is 0.444 e. The number of Topliss-reactive ketones (excluding diaryl/α,β-unsaturated/α-hetero) is 1. The molecule has 0 heterocycles. The summed E-state index contributed by atoms with van der Waals surface area (Å²) in [5, 5.41) is 15.3. The van der Waals surface area contributed by atoms with Crippen molar-refractivity contribution in [2.45, 2.75) is 51.9 Å². The number of allylic oxidation sites excluding steroid dienone is 1. The van der Waals surface area contributed by atoms with Gasteiger partial charge in [-0.3, -0.25) is 4.79 Å². The molecule has 0 spiro atoms. The second-order valence-electron chi connectivity index (χ2n) is 8.70. The number of nitrogens with one attached hydrogen (secondary N) is 2. The quantitative estimate of drug-likeness (QED) is 0.487. The smallest absolute Gasteiger partial charge is 0.408 e. The van der Waals surface area contributed by atoms with Gasteiger partial charge in [-0.2, -0.15) is 5.26 Å². The Morgan fingerprint density at radius 3 is 2.64 bits per heavy atom. The van der Waals surface area contributed by atoms with E-state index in [9.17, 15) is 19.2 Å². The van der Waals surface area contributed by atoms with Gasteiger partial charge < -0.3 is 15.4 Å². The van der Waals surface area contributed by atoms with Crippen LogP contribution in [0.25, 0.3) is 0 Å². The molecule has 33 heavy (non-hydrogen) atoms. The Balaban J connectivity index is 2.06. The van der Waals surface area contributed by atoms with Crippen molar-refractivity contribution >= 4 is 33.5 Å². The number of amides is 1. The van der Waals surface area contributed by atoms with Gasteiger partial charge in [-0.05, 0) is 62.6 Å². The summed E-state index contributed by atoms with van der Waals surface area (Å²) in [7, 11) is 0. The maximum absolute atomic E-state index is 13.1. The molecular weight excluding hydrogens is 489 g/mol. The lowest BCUT2D eigenvalue weighted by Crippen LogP contribution is -2.37. The van der Waals surface area contributed by atoms with Crippen LogP contribution in [-0.2, 0) is 16.2 Å². The number of alkyl halides is 1. The van der Waals surface area contributed by atoms with Crippen molar-refractivity contribution < 1.29 is 18.7 Å². The van der Waals surface area contributed by atoms with Crippen LogP contribution in [0.15, 0.2) is 58.2 Å². The number of alkyl carbamates (subject to hydrolysis) is 1. The van der Waals surface area contributed by atoms with E-state index in [-0.39, 0.29) is 12.2 Å². The number of ketones is 1. The number of halogens is 2. The van der Waals surface area contributed by atoms with Crippen molar-refractivity contribution in [3.63, 3.8) is 0 Å². The number of benzene rings is 2. The summed E-state index contributed by atoms with van der Waals surface area (Å²) < 4.78 is 19.1. The van der Waals surface area contributed by atoms with Gasteiger partial charge in [-0.1, -0.05) is 34.1 Å². The average Bonchev–Trinajstić information content (AvgIpc) is 3.10. The van der Waals surface area contributed by atoms with Crippen molar-refractivity contribution in [1.29, 1.82) is 5.26 Å². The predicted molar refractivity (Wildman–Crippen MR) is 127 cm³/mol. The standard InChI is InChI=1S/C25H25BrFN3O3/c1-25(2,3)33-24(32)30-23(18-8-7-16(14-28)12-19(18)26)22-20(9-10-21(22)31)29-17-6-4-5-15(11-17)13-27/h4-8,11-12,23,29H,9-10,13H2,1-3H3,(H,30,32). The maximum Gasteiger partial charge on any atom is 0.408 e. The van der Waals surface area contributed by atoms with Gasteiger partial charge in [-0.25, -0.2) is 9.18 Å². The van der Waals surface area contributed by atoms with Gasteiger partial charge in [0.2, 0.25) is 0 Å². The number of ether oxygens (including phenoxy) is 1. The van der Waals surface area contributed by atoms with Crippen molar-refractivity contribution in [3.8, 4) is 6.07 Å². The minimum atomic E-state index is -0.816. The molecule has 0 saturated carbocycles. The minimum Gasteiger partial charge on any atom is -0.444 e. The fourth-order valence-corrected chi connectivity index (χ4v) is 4.22. The molecule has 172 valence electrons. The summed E-state index contributed by atoms with van der Waals surface area (Å²) in [6, 6.07) is 13.1. The summed E-state index contributed by atoms with van der Waals surface area (Å²) in [5.74, 6) is -0.114. The molecule has 1 atom stereocenters. The van der Waals surface area contributed by atoms with E-state index in [1.165, 1.54) is 0 Å². The van der Waals surface area contributed by atoms with Crippen LogP contribution in [-0.4, -0.2) is 17.5 Å². The van der Waals surface area contributed by atoms with Crippen molar-refractivity contribution in [2.24, 2.45) is 0 Å². The lowest BCUT2D eigenvalue weighted by Gasteiger charge is -2.26. The van der Waals surface area contributed by atoms with Gasteiger partial charge in [0, 0.05) is 27.9 Å². The molecule has 3 rings (SSSR count). The highest BCUT2D eigenvalue weighted by molar-refractivity contribution is 9.10. The highest BCUT2D eigenvalue weighted by atomic mass is 79.9. The van der Waals surface area contributed by atoms with E-state index in [1.54, 1.807) is 63.2 Å². The third kappa shape index (κ3) is 6.20. The van der Waals surface area contributed by atoms with E-state index in [2.05, 4.69) is 32.6 Å². The molecule has 6 nitrogen and oxygen atoms in total. The zero-order valence-electron chi connectivity index (χ0n) is 18.7. The van der Waals surface area contributed by atoms with Crippen LogP contribution in [0.1, 0.15) is 56.3 Å². The number of hydrogen-bond donors (Lipinski definition) is 2. The van der Waals surface area contributed by atoms with Crippen molar-refractivity contribution in [1.82, 2.24) is 5.32 Å². The third-order valence-electron chi connectivity index (χ3n) is 4.99. The lowest BCUT2D eigenvalue weighted by molar-refractivity contribution is -0.115. The summed E-state index contributed by atoms with van der Waals surface area (Å²) in [6.07, 6.45) is 0.0599. The summed E-state index contributed by atoms with van der Waals surface area (Å²) in [5.41, 5.74) is 2.55. The first-order valence-electron chi connectivity index (χ1n) is 10.5. The summed E-state index contributed by atoms with van der Waals surface area (Å²) in [4.78, 5) is 25.7. The van der Waals surface area contributed by atoms with Gasteiger partial charge in [0.25, 0.3) is 0 Å². The highest BCUT2D eigenvalue weighted by Crippen LogP contribution is 2.37. The first kappa shape index (κ1) is 24.5. The fourth-order valence-electron chi connectivity index (χ4n) is 3.61. The van der Waals surface area contributed by atoms with Crippen LogP contribution >= 0.6 is 15.9 Å². The Bertz CT molecular complexity index is 1150. The van der Waals surface area contributed by atoms with E-state index in [4.69, 9.17) is 4.74 Å². The van der Waals surface area contributed by atoms with E-state index >= 15 is 0 Å². The Labute approximate surface area is 200 Å². The summed E-state index contributed by atoms with van der Waals surface area (Å²) >= 11 is 3.47. The normalized spacial score (nSPS) is 14.6. The Morgan fingerprint density at radius 2 is 2.00 bits per heavy atom. The molecule has 0 radical (unpaired) electrons. The third-order valence-corrected chi connectivity index (χ3v) is 5.68. The van der Waals surface area contributed by atoms with Gasteiger partial charge in [0.15, 0.2) is 5.78 Å². The SMILES string of the molecule is CC(C)(C)OC(=O)NC(C1=C(Nc2cccc(CF)c2)CCC1=O)c1ccc(C#N)cc1Br. The number of nitriles is 1. The van der Waals surface area contributed by atoms with Crippen LogP contribution in [0.3, 0.4) is 0 Å². The second-order valence-corrected chi connectivity index (χ2v) is 9.56. The number of rotatable bonds is 6. The molecule has 0 aliphatic heterocycles. The van der Waals surface area contributed by atoms with Crippen LogP contribution < -0.4 is 10.6 Å². The molecule has 2 aromatic carbocycles. The highest BCUT2D eigenvalue weighted by Gasteiger charge is 2.34. The van der Waals surface area contributed by atoms with Crippen molar-refractivity contribution in [2.75, 3.05) is 5.32 Å². The zero-order valence-corrected chi connectivity index (χ0v) is 20.3. The van der Waals surface area contributed by atoms with E-state index in [0.717, 1.165) is 0 Å². The predicted octanol–water partition coefficient (Wildman–Crippen LogP) is 6.09. The number of nitrogens with zero attached hydrogens (tertiary/aromatic N) is 1. The van der Waals surface area contributed by atoms with E-state index < -0.39 is 24.4 Å². The maximum atomic E-state index is 13.1. The average molecular weight is 514 g/mol. The molecule has 0 saturated heterocycles. The van der Waals surface area contributed by atoms with Crippen LogP contribution in [0.2, 0.25) is 0 Å². The molecule has 1 amide bonds. The van der Waals surface area contributed by atoms with Gasteiger partial charge >= 0.3 is 6.09 Å². The molecule has 1 aliphatic carbocycles. The number of anilines is 1. The van der Waals surface area contributed by atoms with Crippen LogP contribution in [0, 0.1) is 11.3 Å². The van der Waals surface area contributed by atoms with Crippen LogP contribution in [0.4, 0.5) is 14.9 Å². The lowest BCUT2D eigenvalue weighted by atomic mass is 9.95. The zero-order chi connectivity index (χ0) is 24.2. The molecule has 1 unspecified atom stereocenters. The Kier molecular flexibility index (Phi) is 7.54. The Hall–Kier alpha value is -3.18. The number of carbonyl (C=O) groups excluding carboxylic acids is 2. The van der Waals surface area contributed by atoms with Gasteiger partial charge in [0.1, 0.15) is 12.3 Å².